The largest absolute Gasteiger partial charge is 0.461 e. The van der Waals surface area contributed by atoms with E-state index in [0.717, 1.165) is 17.0 Å². The molecule has 0 aliphatic carbocycles. The molecule has 0 radical (unpaired) electrons. The number of aromatic nitrogens is 5. The summed E-state index contributed by atoms with van der Waals surface area (Å²) in [6, 6.07) is 0.211. The van der Waals surface area contributed by atoms with Gasteiger partial charge in [0.05, 0.1) is 11.8 Å². The Morgan fingerprint density at radius 3 is 2.32 bits per heavy atom. The van der Waals surface area contributed by atoms with Gasteiger partial charge >= 0.3 is 6.01 Å². The molecule has 0 fully saturated rings. The lowest BCUT2D eigenvalue weighted by Crippen LogP contribution is -2.14. The van der Waals surface area contributed by atoms with E-state index in [4.69, 9.17) is 10.5 Å². The first kappa shape index (κ1) is 13.3. The molecular weight excluding hydrogens is 244 g/mol. The molecule has 0 unspecified atom stereocenters. The van der Waals surface area contributed by atoms with E-state index in [2.05, 4.69) is 20.1 Å². The Morgan fingerprint density at radius 2 is 1.79 bits per heavy atom. The fourth-order valence-corrected chi connectivity index (χ4v) is 1.63. The highest BCUT2D eigenvalue weighted by Crippen LogP contribution is 2.16. The lowest BCUT2D eigenvalue weighted by molar-refractivity contribution is 0.221. The van der Waals surface area contributed by atoms with Crippen LogP contribution in [-0.4, -0.2) is 30.8 Å². The van der Waals surface area contributed by atoms with Crippen LogP contribution >= 0.6 is 0 Å². The molecule has 0 aliphatic heterocycles. The first-order chi connectivity index (χ1) is 8.88. The summed E-state index contributed by atoms with van der Waals surface area (Å²) in [4.78, 5) is 12.3. The summed E-state index contributed by atoms with van der Waals surface area (Å²) in [5.41, 5.74) is 8.69. The highest BCUT2D eigenvalue weighted by molar-refractivity contribution is 5.31. The van der Waals surface area contributed by atoms with E-state index in [1.807, 2.05) is 34.6 Å². The van der Waals surface area contributed by atoms with E-state index in [-0.39, 0.29) is 18.1 Å². The van der Waals surface area contributed by atoms with Crippen molar-refractivity contribution < 1.29 is 4.74 Å². The molecule has 0 aromatic carbocycles. The number of nitrogens with zero attached hydrogens (tertiary/aromatic N) is 5. The number of hydrogen-bond acceptors (Lipinski definition) is 6. The van der Waals surface area contributed by atoms with Crippen LogP contribution in [0.4, 0.5) is 5.95 Å². The second-order valence-electron chi connectivity index (χ2n) is 4.65. The molecule has 2 heterocycles. The summed E-state index contributed by atoms with van der Waals surface area (Å²) in [7, 11) is 0. The van der Waals surface area contributed by atoms with Gasteiger partial charge < -0.3 is 10.5 Å². The average molecular weight is 262 g/mol. The van der Waals surface area contributed by atoms with Gasteiger partial charge in [-0.2, -0.15) is 20.1 Å². The van der Waals surface area contributed by atoms with Crippen molar-refractivity contribution in [3.63, 3.8) is 0 Å². The van der Waals surface area contributed by atoms with Gasteiger partial charge in [-0.3, -0.25) is 0 Å². The molecular formula is C12H18N6O. The Hall–Kier alpha value is -2.18. The lowest BCUT2D eigenvalue weighted by Gasteiger charge is -2.09. The van der Waals surface area contributed by atoms with E-state index in [0.29, 0.717) is 5.95 Å². The molecule has 7 heteroatoms. The molecule has 0 amide bonds. The summed E-state index contributed by atoms with van der Waals surface area (Å²) in [5.74, 6) is 0.489. The van der Waals surface area contributed by atoms with Crippen LogP contribution in [0.3, 0.4) is 0 Å². The average Bonchev–Trinajstić information content (AvgIpc) is 2.55. The van der Waals surface area contributed by atoms with Crippen molar-refractivity contribution in [2.24, 2.45) is 0 Å². The third-order valence-corrected chi connectivity index (χ3v) is 2.80. The molecule has 0 saturated heterocycles. The highest BCUT2D eigenvalue weighted by atomic mass is 16.5. The zero-order valence-electron chi connectivity index (χ0n) is 11.8. The zero-order chi connectivity index (χ0) is 14.2. The SMILES string of the molecule is Cc1nn(-c2nc(N)nc(OC(C)C)n2)c(C)c1C. The fourth-order valence-electron chi connectivity index (χ4n) is 1.63. The predicted molar refractivity (Wildman–Crippen MR) is 71.3 cm³/mol. The number of ether oxygens (including phenoxy) is 1. The first-order valence-corrected chi connectivity index (χ1v) is 6.10. The standard InChI is InChI=1S/C12H18N6O/c1-6(2)19-12-15-10(13)14-11(16-12)18-9(5)7(3)8(4)17-18/h6H,1-5H3,(H2,13,14,15,16). The van der Waals surface area contributed by atoms with Gasteiger partial charge in [-0.15, -0.1) is 0 Å². The molecule has 0 bridgehead atoms. The summed E-state index contributed by atoms with van der Waals surface area (Å²) in [6.45, 7) is 9.69. The molecule has 0 spiro atoms. The Labute approximate surface area is 111 Å². The Kier molecular flexibility index (Phi) is 3.37. The molecule has 2 rings (SSSR count). The van der Waals surface area contributed by atoms with Crippen LogP contribution in [0.2, 0.25) is 0 Å². The molecule has 19 heavy (non-hydrogen) atoms. The van der Waals surface area contributed by atoms with Gasteiger partial charge in [0.1, 0.15) is 0 Å². The lowest BCUT2D eigenvalue weighted by atomic mass is 10.2. The summed E-state index contributed by atoms with van der Waals surface area (Å²) < 4.78 is 7.10. The van der Waals surface area contributed by atoms with Gasteiger partial charge in [-0.1, -0.05) is 0 Å². The summed E-state index contributed by atoms with van der Waals surface area (Å²) in [5, 5.41) is 4.39. The van der Waals surface area contributed by atoms with Crippen molar-refractivity contribution in [3.05, 3.63) is 17.0 Å². The van der Waals surface area contributed by atoms with Gasteiger partial charge in [-0.05, 0) is 40.2 Å². The molecule has 2 aromatic heterocycles. The maximum atomic E-state index is 5.68. The molecule has 7 nitrogen and oxygen atoms in total. The summed E-state index contributed by atoms with van der Waals surface area (Å²) >= 11 is 0. The van der Waals surface area contributed by atoms with Gasteiger partial charge in [0.25, 0.3) is 5.95 Å². The molecule has 0 saturated carbocycles. The number of hydrogen-bond donors (Lipinski definition) is 1. The Balaban J connectivity index is 2.49. The Bertz CT molecular complexity index is 605. The van der Waals surface area contributed by atoms with Crippen LogP contribution in [0.1, 0.15) is 30.8 Å². The summed E-state index contributed by atoms with van der Waals surface area (Å²) in [6.07, 6.45) is -0.0307. The van der Waals surface area contributed by atoms with Crippen LogP contribution in [0, 0.1) is 20.8 Å². The number of anilines is 1. The van der Waals surface area contributed by atoms with Crippen molar-refractivity contribution in [2.75, 3.05) is 5.73 Å². The maximum absolute atomic E-state index is 5.68. The number of rotatable bonds is 3. The van der Waals surface area contributed by atoms with Crippen LogP contribution in [-0.2, 0) is 0 Å². The topological polar surface area (TPSA) is 91.7 Å². The van der Waals surface area contributed by atoms with E-state index in [1.54, 1.807) is 4.68 Å². The molecule has 0 aliphatic rings. The second-order valence-corrected chi connectivity index (χ2v) is 4.65. The smallest absolute Gasteiger partial charge is 0.323 e. The van der Waals surface area contributed by atoms with Gasteiger partial charge in [-0.25, -0.2) is 4.68 Å². The van der Waals surface area contributed by atoms with Crippen LogP contribution in [0.25, 0.3) is 5.95 Å². The normalized spacial score (nSPS) is 11.1. The molecule has 0 atom stereocenters. The first-order valence-electron chi connectivity index (χ1n) is 6.10. The van der Waals surface area contributed by atoms with E-state index in [1.165, 1.54) is 0 Å². The van der Waals surface area contributed by atoms with Gasteiger partial charge in [0.15, 0.2) is 0 Å². The quantitative estimate of drug-likeness (QED) is 0.897. The van der Waals surface area contributed by atoms with Crippen molar-refractivity contribution in [2.45, 2.75) is 40.7 Å². The predicted octanol–water partition coefficient (Wildman–Crippen LogP) is 1.35. The van der Waals surface area contributed by atoms with Crippen molar-refractivity contribution in [1.29, 1.82) is 0 Å². The van der Waals surface area contributed by atoms with Gasteiger partial charge in [0.2, 0.25) is 5.95 Å². The van der Waals surface area contributed by atoms with Crippen LogP contribution < -0.4 is 10.5 Å². The Morgan fingerprint density at radius 1 is 1.11 bits per heavy atom. The minimum atomic E-state index is -0.0307. The number of nitrogen functional groups attached to an aromatic ring is 1. The fraction of sp³-hybridized carbons (Fsp3) is 0.500. The molecule has 2 aromatic rings. The second kappa shape index (κ2) is 4.83. The van der Waals surface area contributed by atoms with E-state index < -0.39 is 0 Å². The monoisotopic (exact) mass is 262 g/mol. The van der Waals surface area contributed by atoms with E-state index >= 15 is 0 Å². The van der Waals surface area contributed by atoms with Crippen molar-refractivity contribution in [3.8, 4) is 12.0 Å². The minimum Gasteiger partial charge on any atom is -0.461 e. The maximum Gasteiger partial charge on any atom is 0.323 e. The van der Waals surface area contributed by atoms with Crippen molar-refractivity contribution in [1.82, 2.24) is 24.7 Å². The zero-order valence-corrected chi connectivity index (χ0v) is 11.8. The van der Waals surface area contributed by atoms with Crippen LogP contribution in [0.15, 0.2) is 0 Å². The van der Waals surface area contributed by atoms with E-state index in [9.17, 15) is 0 Å². The minimum absolute atomic E-state index is 0.0307. The molecule has 2 N–H and O–H groups in total. The van der Waals surface area contributed by atoms with Crippen molar-refractivity contribution >= 4 is 5.95 Å². The number of nitrogens with two attached hydrogens (primary N) is 1. The third kappa shape index (κ3) is 2.64. The van der Waals surface area contributed by atoms with Crippen LogP contribution in [0.5, 0.6) is 6.01 Å². The molecule has 102 valence electrons. The number of aryl methyl sites for hydroxylation is 1. The third-order valence-electron chi connectivity index (χ3n) is 2.80. The van der Waals surface area contributed by atoms with Gasteiger partial charge in [0, 0.05) is 5.69 Å². The highest BCUT2D eigenvalue weighted by Gasteiger charge is 2.14.